The number of morpholine rings is 1. The lowest BCUT2D eigenvalue weighted by Crippen LogP contribution is -2.56. The molecule has 3 aliphatic carbocycles. The van der Waals surface area contributed by atoms with Gasteiger partial charge >= 0.3 is 10.2 Å². The largest absolute Gasteiger partial charge is 0.379 e. The van der Waals surface area contributed by atoms with Gasteiger partial charge in [0.05, 0.1) is 35.9 Å². The van der Waals surface area contributed by atoms with Crippen LogP contribution in [0.25, 0.3) is 0 Å². The quantitative estimate of drug-likeness (QED) is 0.360. The lowest BCUT2D eigenvalue weighted by atomic mass is 9.58. The molecule has 1 aromatic carbocycles. The molecular weight excluding hydrogens is 487 g/mol. The lowest BCUT2D eigenvalue weighted by molar-refractivity contribution is 0.0521. The molecule has 6 nitrogen and oxygen atoms in total. The molecule has 1 aliphatic heterocycles. The minimum atomic E-state index is -9.97. The number of halogens is 5. The van der Waals surface area contributed by atoms with Crippen molar-refractivity contribution in [2.45, 2.75) is 49.0 Å². The molecule has 4 fully saturated rings. The lowest BCUT2D eigenvalue weighted by Gasteiger charge is -2.50. The van der Waals surface area contributed by atoms with Gasteiger partial charge < -0.3 is 14.8 Å². The topological polar surface area (TPSA) is 77.4 Å². The summed E-state index contributed by atoms with van der Waals surface area (Å²) in [5.74, 6) is -0.838. The molecule has 33 heavy (non-hydrogen) atoms. The van der Waals surface area contributed by atoms with Crippen molar-refractivity contribution in [2.75, 3.05) is 31.0 Å². The number of amides is 1. The highest BCUT2D eigenvalue weighted by Gasteiger charge is 2.65. The highest BCUT2D eigenvalue weighted by atomic mass is 32.5. The Labute approximate surface area is 193 Å². The van der Waals surface area contributed by atoms with Crippen LogP contribution in [-0.2, 0) is 4.74 Å². The van der Waals surface area contributed by atoms with Gasteiger partial charge in [-0.25, -0.2) is 4.31 Å². The molecule has 4 aliphatic rings. The summed E-state index contributed by atoms with van der Waals surface area (Å²) in [5, 5.41) is 12.3. The summed E-state index contributed by atoms with van der Waals surface area (Å²) in [7, 11) is -9.97. The third-order valence-electron chi connectivity index (χ3n) is 6.80. The zero-order valence-corrected chi connectivity index (χ0v) is 19.4. The second-order valence-corrected chi connectivity index (χ2v) is 12.4. The van der Waals surface area contributed by atoms with Crippen LogP contribution in [0.4, 0.5) is 25.1 Å². The number of nitrogens with one attached hydrogen (secondary N) is 2. The zero-order valence-electron chi connectivity index (χ0n) is 17.7. The number of nitriles is 1. The first-order valence-electron chi connectivity index (χ1n) is 10.6. The van der Waals surface area contributed by atoms with E-state index in [0.29, 0.717) is 70.9 Å². The van der Waals surface area contributed by atoms with E-state index in [9.17, 15) is 29.5 Å². The fourth-order valence-electron chi connectivity index (χ4n) is 4.64. The molecule has 0 unspecified atom stereocenters. The Balaban J connectivity index is 1.59. The third-order valence-corrected chi connectivity index (χ3v) is 8.88. The van der Waals surface area contributed by atoms with E-state index in [4.69, 9.17) is 4.74 Å². The van der Waals surface area contributed by atoms with Gasteiger partial charge in [0.15, 0.2) is 0 Å². The molecule has 1 aromatic rings. The second kappa shape index (κ2) is 7.63. The predicted molar refractivity (Wildman–Crippen MR) is 117 cm³/mol. The van der Waals surface area contributed by atoms with Gasteiger partial charge in [-0.2, -0.15) is 5.26 Å². The summed E-state index contributed by atoms with van der Waals surface area (Å²) in [5.41, 5.74) is -1.52. The standard InChI is InChI=1S/C20H25F5N4O2S2/c21-33(22,23,24,25)15-1-2-17(28-32-29-9-11-31-12-10-29)16(13-15)18(30)27-20-6-3-19(14-26,4-7-20)5-8-20/h1-2,13,28H,3-12H2,(H,27,30). The number of anilines is 1. The maximum Gasteiger partial charge on any atom is 0.310 e. The Morgan fingerprint density at radius 2 is 1.67 bits per heavy atom. The Kier molecular flexibility index (Phi) is 5.63. The van der Waals surface area contributed by atoms with E-state index in [1.807, 2.05) is 4.31 Å². The first kappa shape index (κ1) is 24.4. The highest BCUT2D eigenvalue weighted by molar-refractivity contribution is 8.45. The molecule has 1 amide bonds. The van der Waals surface area contributed by atoms with Gasteiger partial charge in [0.1, 0.15) is 4.90 Å². The molecule has 1 heterocycles. The number of ether oxygens (including phenoxy) is 1. The molecule has 184 valence electrons. The Hall–Kier alpha value is -1.75. The van der Waals surface area contributed by atoms with Crippen LogP contribution in [0, 0.1) is 16.7 Å². The van der Waals surface area contributed by atoms with E-state index in [2.05, 4.69) is 16.1 Å². The zero-order chi connectivity index (χ0) is 24.0. The number of carbonyl (C=O) groups is 1. The maximum atomic E-state index is 13.5. The third kappa shape index (κ3) is 5.34. The Morgan fingerprint density at radius 3 is 2.21 bits per heavy atom. The van der Waals surface area contributed by atoms with Crippen LogP contribution >= 0.6 is 22.4 Å². The number of fused-ring (bicyclic) bond motifs is 3. The van der Waals surface area contributed by atoms with Gasteiger partial charge in [-0.15, -0.1) is 0 Å². The SMILES string of the molecule is N#CC12CCC(NC(=O)c3cc(S(F)(F)(F)(F)F)ccc3NSN3CCOCC3)(CC1)CC2. The molecule has 1 saturated heterocycles. The highest BCUT2D eigenvalue weighted by Crippen LogP contribution is 3.02. The molecule has 0 spiro atoms. The van der Waals surface area contributed by atoms with Crippen LogP contribution in [0.2, 0.25) is 0 Å². The van der Waals surface area contributed by atoms with Crippen LogP contribution in [0.15, 0.2) is 23.1 Å². The van der Waals surface area contributed by atoms with Crippen molar-refractivity contribution in [1.29, 1.82) is 5.26 Å². The summed E-state index contributed by atoms with van der Waals surface area (Å²) < 4.78 is 77.3. The normalized spacial score (nSPS) is 30.1. The van der Waals surface area contributed by atoms with Gasteiger partial charge in [0.25, 0.3) is 5.91 Å². The van der Waals surface area contributed by atoms with Crippen molar-refractivity contribution in [2.24, 2.45) is 5.41 Å². The summed E-state index contributed by atoms with van der Waals surface area (Å²) >= 11 is 1.08. The van der Waals surface area contributed by atoms with Crippen LogP contribution in [-0.4, -0.2) is 42.1 Å². The van der Waals surface area contributed by atoms with Crippen molar-refractivity contribution >= 4 is 34.0 Å². The summed E-state index contributed by atoms with van der Waals surface area (Å²) in [6, 6.07) is 3.77. The van der Waals surface area contributed by atoms with E-state index in [0.717, 1.165) is 18.2 Å². The Morgan fingerprint density at radius 1 is 1.06 bits per heavy atom. The number of hydrogen-bond donors (Lipinski definition) is 2. The molecule has 0 atom stereocenters. The van der Waals surface area contributed by atoms with Gasteiger partial charge in [-0.1, -0.05) is 19.4 Å². The number of hydrogen-bond acceptors (Lipinski definition) is 6. The first-order valence-corrected chi connectivity index (χ1v) is 13.3. The number of benzene rings is 1. The fraction of sp³-hybridized carbons (Fsp3) is 0.600. The van der Waals surface area contributed by atoms with Crippen LogP contribution < -0.4 is 10.0 Å². The monoisotopic (exact) mass is 512 g/mol. The van der Waals surface area contributed by atoms with Gasteiger partial charge in [0.2, 0.25) is 0 Å². The summed E-state index contributed by atoms with van der Waals surface area (Å²) in [6.07, 6.45) is 3.35. The second-order valence-electron chi connectivity index (χ2n) is 9.04. The number of rotatable bonds is 6. The van der Waals surface area contributed by atoms with Gasteiger partial charge in [-0.05, 0) is 56.7 Å². The van der Waals surface area contributed by atoms with E-state index < -0.39 is 37.5 Å². The maximum absolute atomic E-state index is 13.5. The van der Waals surface area contributed by atoms with Gasteiger partial charge in [-0.3, -0.25) is 4.79 Å². The molecule has 2 N–H and O–H groups in total. The predicted octanol–water partition coefficient (Wildman–Crippen LogP) is 6.00. The summed E-state index contributed by atoms with van der Waals surface area (Å²) in [6.45, 7) is 2.09. The minimum Gasteiger partial charge on any atom is -0.379 e. The van der Waals surface area contributed by atoms with E-state index in [-0.39, 0.29) is 11.8 Å². The number of carbonyl (C=O) groups excluding carboxylic acids is 1. The van der Waals surface area contributed by atoms with Crippen LogP contribution in [0.5, 0.6) is 0 Å². The fourth-order valence-corrected chi connectivity index (χ4v) is 6.04. The van der Waals surface area contributed by atoms with Crippen molar-refractivity contribution in [3.05, 3.63) is 23.8 Å². The first-order chi connectivity index (χ1) is 15.2. The van der Waals surface area contributed by atoms with Crippen LogP contribution in [0.3, 0.4) is 0 Å². The van der Waals surface area contributed by atoms with E-state index in [1.54, 1.807) is 0 Å². The Bertz CT molecular complexity index is 969. The molecule has 2 bridgehead atoms. The average molecular weight is 513 g/mol. The molecule has 0 aromatic heterocycles. The van der Waals surface area contributed by atoms with Gasteiger partial charge in [0, 0.05) is 30.8 Å². The molecule has 5 rings (SSSR count). The number of nitrogens with zero attached hydrogens (tertiary/aromatic N) is 2. The van der Waals surface area contributed by atoms with Crippen molar-refractivity contribution < 1.29 is 29.0 Å². The van der Waals surface area contributed by atoms with Crippen LogP contribution in [0.1, 0.15) is 48.9 Å². The van der Waals surface area contributed by atoms with E-state index in [1.165, 1.54) is 0 Å². The summed E-state index contributed by atoms with van der Waals surface area (Å²) in [4.78, 5) is 11.0. The van der Waals surface area contributed by atoms with Crippen molar-refractivity contribution in [3.63, 3.8) is 0 Å². The molecule has 0 radical (unpaired) electrons. The van der Waals surface area contributed by atoms with E-state index >= 15 is 0 Å². The van der Waals surface area contributed by atoms with Crippen molar-refractivity contribution in [1.82, 2.24) is 9.62 Å². The average Bonchev–Trinajstić information content (AvgIpc) is 2.78. The molecular formula is C20H25F5N4O2S2. The van der Waals surface area contributed by atoms with Crippen molar-refractivity contribution in [3.8, 4) is 6.07 Å². The molecule has 13 heteroatoms. The minimum absolute atomic E-state index is 0.0176. The smallest absolute Gasteiger partial charge is 0.310 e. The molecule has 3 saturated carbocycles.